The Bertz CT molecular complexity index is 347. The molecule has 1 amide bonds. The number of rotatable bonds is 7. The van der Waals surface area contributed by atoms with E-state index in [9.17, 15) is 4.79 Å². The van der Waals surface area contributed by atoms with E-state index in [2.05, 4.69) is 15.3 Å². The quantitative estimate of drug-likeness (QED) is 0.708. The first-order valence-electron chi connectivity index (χ1n) is 5.80. The van der Waals surface area contributed by atoms with Gasteiger partial charge in [-0.05, 0) is 27.1 Å². The van der Waals surface area contributed by atoms with Crippen LogP contribution in [-0.2, 0) is 11.3 Å². The first-order chi connectivity index (χ1) is 8.11. The van der Waals surface area contributed by atoms with Crippen molar-refractivity contribution in [3.63, 3.8) is 0 Å². The Morgan fingerprint density at radius 3 is 3.00 bits per heavy atom. The Morgan fingerprint density at radius 1 is 1.59 bits per heavy atom. The van der Waals surface area contributed by atoms with E-state index in [0.717, 1.165) is 13.1 Å². The molecule has 1 heterocycles. The van der Waals surface area contributed by atoms with Crippen LogP contribution < -0.4 is 11.1 Å². The molecule has 0 saturated heterocycles. The number of amides is 1. The number of nitrogens with zero attached hydrogens (tertiary/aromatic N) is 3. The number of likely N-dealkylation sites (N-methyl/N-ethyl adjacent to an activating group) is 1. The fourth-order valence-corrected chi connectivity index (χ4v) is 1.32. The minimum Gasteiger partial charge on any atom is -0.330 e. The van der Waals surface area contributed by atoms with Crippen LogP contribution in [-0.4, -0.2) is 47.8 Å². The lowest BCUT2D eigenvalue weighted by Crippen LogP contribution is -2.19. The molecule has 0 unspecified atom stereocenters. The van der Waals surface area contributed by atoms with Crippen molar-refractivity contribution in [1.82, 2.24) is 14.7 Å². The Balaban J connectivity index is 2.37. The average Bonchev–Trinajstić information content (AvgIpc) is 2.71. The van der Waals surface area contributed by atoms with Crippen LogP contribution in [0.3, 0.4) is 0 Å². The average molecular weight is 239 g/mol. The van der Waals surface area contributed by atoms with Crippen LogP contribution >= 0.6 is 0 Å². The van der Waals surface area contributed by atoms with Gasteiger partial charge in [0.25, 0.3) is 0 Å². The van der Waals surface area contributed by atoms with Crippen LogP contribution in [0.1, 0.15) is 12.8 Å². The van der Waals surface area contributed by atoms with Crippen LogP contribution in [0.15, 0.2) is 12.3 Å². The monoisotopic (exact) mass is 239 g/mol. The summed E-state index contributed by atoms with van der Waals surface area (Å²) >= 11 is 0. The predicted octanol–water partition coefficient (Wildman–Crippen LogP) is 0.122. The third kappa shape index (κ3) is 5.46. The molecule has 1 rings (SSSR count). The predicted molar refractivity (Wildman–Crippen MR) is 67.7 cm³/mol. The van der Waals surface area contributed by atoms with Crippen LogP contribution in [0.25, 0.3) is 0 Å². The lowest BCUT2D eigenvalue weighted by molar-refractivity contribution is -0.116. The van der Waals surface area contributed by atoms with Gasteiger partial charge in [-0.2, -0.15) is 5.10 Å². The maximum absolute atomic E-state index is 11.4. The zero-order valence-electron chi connectivity index (χ0n) is 10.5. The molecule has 0 fully saturated rings. The molecule has 0 radical (unpaired) electrons. The third-order valence-corrected chi connectivity index (χ3v) is 2.29. The Morgan fingerprint density at radius 2 is 2.35 bits per heavy atom. The smallest absolute Gasteiger partial charge is 0.225 e. The molecule has 0 atom stereocenters. The first kappa shape index (κ1) is 13.7. The van der Waals surface area contributed by atoms with Gasteiger partial charge < -0.3 is 16.0 Å². The zero-order chi connectivity index (χ0) is 12.7. The fourth-order valence-electron chi connectivity index (χ4n) is 1.32. The topological polar surface area (TPSA) is 76.2 Å². The molecule has 0 aliphatic carbocycles. The number of nitrogens with two attached hydrogens (primary N) is 1. The summed E-state index contributed by atoms with van der Waals surface area (Å²) in [6.07, 6.45) is 3.01. The number of nitrogens with one attached hydrogen (secondary N) is 1. The van der Waals surface area contributed by atoms with E-state index in [1.165, 1.54) is 0 Å². The van der Waals surface area contributed by atoms with Crippen molar-refractivity contribution in [2.75, 3.05) is 32.5 Å². The SMILES string of the molecule is CN(C)CCn1ccc(NC(=O)CCCN)n1. The molecule has 0 aliphatic heterocycles. The van der Waals surface area contributed by atoms with E-state index >= 15 is 0 Å². The molecule has 0 bridgehead atoms. The maximum atomic E-state index is 11.4. The van der Waals surface area contributed by atoms with Gasteiger partial charge in [-0.3, -0.25) is 9.48 Å². The van der Waals surface area contributed by atoms with Gasteiger partial charge in [-0.15, -0.1) is 0 Å². The van der Waals surface area contributed by atoms with E-state index in [1.807, 2.05) is 25.0 Å². The molecule has 17 heavy (non-hydrogen) atoms. The summed E-state index contributed by atoms with van der Waals surface area (Å²) in [6.45, 7) is 2.26. The van der Waals surface area contributed by atoms with Gasteiger partial charge in [0.15, 0.2) is 5.82 Å². The fraction of sp³-hybridized carbons (Fsp3) is 0.636. The molecular formula is C11H21N5O. The summed E-state index contributed by atoms with van der Waals surface area (Å²) in [5.74, 6) is 0.569. The molecule has 0 spiro atoms. The second-order valence-corrected chi connectivity index (χ2v) is 4.21. The number of carbonyl (C=O) groups is 1. The third-order valence-electron chi connectivity index (χ3n) is 2.29. The minimum atomic E-state index is -0.0340. The van der Waals surface area contributed by atoms with Crippen molar-refractivity contribution >= 4 is 11.7 Å². The van der Waals surface area contributed by atoms with Gasteiger partial charge in [0.05, 0.1) is 6.54 Å². The number of anilines is 1. The highest BCUT2D eigenvalue weighted by Crippen LogP contribution is 2.03. The first-order valence-corrected chi connectivity index (χ1v) is 5.80. The van der Waals surface area contributed by atoms with Gasteiger partial charge in [0, 0.05) is 25.2 Å². The highest BCUT2D eigenvalue weighted by atomic mass is 16.1. The minimum absolute atomic E-state index is 0.0340. The van der Waals surface area contributed by atoms with Crippen LogP contribution in [0.2, 0.25) is 0 Å². The van der Waals surface area contributed by atoms with Gasteiger partial charge in [0.1, 0.15) is 0 Å². The second kappa shape index (κ2) is 7.03. The van der Waals surface area contributed by atoms with Crippen molar-refractivity contribution in [2.24, 2.45) is 5.73 Å². The van der Waals surface area contributed by atoms with Gasteiger partial charge in [-0.25, -0.2) is 0 Å². The molecule has 96 valence electrons. The summed E-state index contributed by atoms with van der Waals surface area (Å²) in [7, 11) is 4.03. The summed E-state index contributed by atoms with van der Waals surface area (Å²) in [4.78, 5) is 13.5. The van der Waals surface area contributed by atoms with Crippen molar-refractivity contribution in [2.45, 2.75) is 19.4 Å². The van der Waals surface area contributed by atoms with Crippen molar-refractivity contribution in [1.29, 1.82) is 0 Å². The van der Waals surface area contributed by atoms with Gasteiger partial charge in [0.2, 0.25) is 5.91 Å². The van der Waals surface area contributed by atoms with Crippen LogP contribution in [0.5, 0.6) is 0 Å². The van der Waals surface area contributed by atoms with Crippen LogP contribution in [0.4, 0.5) is 5.82 Å². The standard InChI is InChI=1S/C11H21N5O/c1-15(2)8-9-16-7-5-10(14-16)13-11(17)4-3-6-12/h5,7H,3-4,6,8-9,12H2,1-2H3,(H,13,14,17). The second-order valence-electron chi connectivity index (χ2n) is 4.21. The highest BCUT2D eigenvalue weighted by molar-refractivity contribution is 5.89. The highest BCUT2D eigenvalue weighted by Gasteiger charge is 2.04. The number of hydrogen-bond acceptors (Lipinski definition) is 4. The van der Waals surface area contributed by atoms with Crippen LogP contribution in [0, 0.1) is 0 Å². The Kier molecular flexibility index (Phi) is 5.65. The van der Waals surface area contributed by atoms with Crippen molar-refractivity contribution < 1.29 is 4.79 Å². The number of hydrogen-bond donors (Lipinski definition) is 2. The summed E-state index contributed by atoms with van der Waals surface area (Å²) < 4.78 is 1.82. The van der Waals surface area contributed by atoms with Gasteiger partial charge in [-0.1, -0.05) is 0 Å². The zero-order valence-corrected chi connectivity index (χ0v) is 10.5. The van der Waals surface area contributed by atoms with Gasteiger partial charge >= 0.3 is 0 Å². The molecule has 0 saturated carbocycles. The van der Waals surface area contributed by atoms with E-state index in [1.54, 1.807) is 6.07 Å². The molecule has 0 aromatic carbocycles. The number of aromatic nitrogens is 2. The van der Waals surface area contributed by atoms with E-state index in [-0.39, 0.29) is 5.91 Å². The molecule has 1 aromatic rings. The maximum Gasteiger partial charge on any atom is 0.225 e. The lowest BCUT2D eigenvalue weighted by Gasteiger charge is -2.08. The molecule has 6 nitrogen and oxygen atoms in total. The molecule has 0 aliphatic rings. The van der Waals surface area contributed by atoms with E-state index in [4.69, 9.17) is 5.73 Å². The van der Waals surface area contributed by atoms with E-state index in [0.29, 0.717) is 25.2 Å². The Labute approximate surface area is 102 Å². The molecule has 3 N–H and O–H groups in total. The van der Waals surface area contributed by atoms with E-state index < -0.39 is 0 Å². The van der Waals surface area contributed by atoms with Crippen molar-refractivity contribution in [3.05, 3.63) is 12.3 Å². The molecule has 1 aromatic heterocycles. The van der Waals surface area contributed by atoms with Crippen molar-refractivity contribution in [3.8, 4) is 0 Å². The lowest BCUT2D eigenvalue weighted by atomic mass is 10.3. The summed E-state index contributed by atoms with van der Waals surface area (Å²) in [6, 6.07) is 1.80. The summed E-state index contributed by atoms with van der Waals surface area (Å²) in [5.41, 5.74) is 5.34. The molecule has 6 heteroatoms. The number of carbonyl (C=O) groups excluding carboxylic acids is 1. The normalized spacial score (nSPS) is 10.8. The molecular weight excluding hydrogens is 218 g/mol. The largest absolute Gasteiger partial charge is 0.330 e. The Hall–Kier alpha value is -1.40. The summed E-state index contributed by atoms with van der Waals surface area (Å²) in [5, 5.41) is 7.00.